The molecule has 2 nitrogen and oxygen atoms in total. The average Bonchev–Trinajstić information content (AvgIpc) is 2.63. The lowest BCUT2D eigenvalue weighted by Crippen LogP contribution is -2.14. The third-order valence-electron chi connectivity index (χ3n) is 2.76. The van der Waals surface area contributed by atoms with Gasteiger partial charge >= 0.3 is 0 Å². The summed E-state index contributed by atoms with van der Waals surface area (Å²) in [6, 6.07) is 8.53. The Balaban J connectivity index is 2.16. The van der Waals surface area contributed by atoms with Gasteiger partial charge in [0.05, 0.1) is 0 Å². The number of aryl methyl sites for hydroxylation is 1. The predicted octanol–water partition coefficient (Wildman–Crippen LogP) is 3.36. The predicted molar refractivity (Wildman–Crippen MR) is 72.8 cm³/mol. The molecule has 0 saturated heterocycles. The zero-order valence-electron chi connectivity index (χ0n) is 9.78. The van der Waals surface area contributed by atoms with Gasteiger partial charge in [-0.1, -0.05) is 22.0 Å². The molecule has 0 aliphatic carbocycles. The number of aromatic nitrogens is 1. The molecule has 86 valence electrons. The summed E-state index contributed by atoms with van der Waals surface area (Å²) in [5.41, 5.74) is 1.31. The summed E-state index contributed by atoms with van der Waals surface area (Å²) in [5.74, 6) is 0. The minimum absolute atomic E-state index is 1.08. The van der Waals surface area contributed by atoms with Crippen LogP contribution in [0.2, 0.25) is 0 Å². The molecule has 1 aromatic heterocycles. The van der Waals surface area contributed by atoms with Crippen molar-refractivity contribution < 1.29 is 0 Å². The maximum Gasteiger partial charge on any atom is 0.0491 e. The SMILES string of the molecule is CN(C)CCCn1ccc2c(Br)cccc21. The lowest BCUT2D eigenvalue weighted by atomic mass is 10.2. The summed E-state index contributed by atoms with van der Waals surface area (Å²) in [6.45, 7) is 2.21. The molecule has 0 atom stereocenters. The third-order valence-corrected chi connectivity index (χ3v) is 3.46. The van der Waals surface area contributed by atoms with Crippen molar-refractivity contribution in [1.29, 1.82) is 0 Å². The first-order valence-electron chi connectivity index (χ1n) is 5.56. The maximum absolute atomic E-state index is 3.58. The molecule has 0 bridgehead atoms. The highest BCUT2D eigenvalue weighted by Gasteiger charge is 2.03. The average molecular weight is 281 g/mol. The van der Waals surface area contributed by atoms with Crippen molar-refractivity contribution in [2.24, 2.45) is 0 Å². The number of hydrogen-bond donors (Lipinski definition) is 0. The lowest BCUT2D eigenvalue weighted by Gasteiger charge is -2.10. The molecule has 0 N–H and O–H groups in total. The van der Waals surface area contributed by atoms with Crippen molar-refractivity contribution in [2.45, 2.75) is 13.0 Å². The number of hydrogen-bond acceptors (Lipinski definition) is 1. The fraction of sp³-hybridized carbons (Fsp3) is 0.385. The van der Waals surface area contributed by atoms with Crippen LogP contribution in [0.25, 0.3) is 10.9 Å². The summed E-state index contributed by atoms with van der Waals surface area (Å²) >= 11 is 3.58. The van der Waals surface area contributed by atoms with Gasteiger partial charge < -0.3 is 9.47 Å². The molecule has 2 rings (SSSR count). The molecule has 0 aliphatic rings. The van der Waals surface area contributed by atoms with E-state index in [0.29, 0.717) is 0 Å². The zero-order chi connectivity index (χ0) is 11.5. The van der Waals surface area contributed by atoms with Gasteiger partial charge in [0.25, 0.3) is 0 Å². The zero-order valence-corrected chi connectivity index (χ0v) is 11.4. The number of rotatable bonds is 4. The van der Waals surface area contributed by atoms with Crippen molar-refractivity contribution in [1.82, 2.24) is 9.47 Å². The highest BCUT2D eigenvalue weighted by molar-refractivity contribution is 9.10. The molecule has 0 radical (unpaired) electrons. The molecular weight excluding hydrogens is 264 g/mol. The summed E-state index contributed by atoms with van der Waals surface area (Å²) < 4.78 is 3.50. The smallest absolute Gasteiger partial charge is 0.0491 e. The van der Waals surface area contributed by atoms with Crippen LogP contribution in [0.3, 0.4) is 0 Å². The Morgan fingerprint density at radius 1 is 1.25 bits per heavy atom. The summed E-state index contributed by atoms with van der Waals surface area (Å²) in [6.07, 6.45) is 3.36. The minimum atomic E-state index is 1.08. The van der Waals surface area contributed by atoms with Crippen molar-refractivity contribution in [3.05, 3.63) is 34.9 Å². The van der Waals surface area contributed by atoms with Gasteiger partial charge in [0.2, 0.25) is 0 Å². The minimum Gasteiger partial charge on any atom is -0.347 e. The van der Waals surface area contributed by atoms with Gasteiger partial charge in [-0.3, -0.25) is 0 Å². The van der Waals surface area contributed by atoms with E-state index in [1.165, 1.54) is 21.8 Å². The van der Waals surface area contributed by atoms with Gasteiger partial charge in [-0.15, -0.1) is 0 Å². The van der Waals surface area contributed by atoms with E-state index in [2.05, 4.69) is 70.0 Å². The van der Waals surface area contributed by atoms with Crippen LogP contribution < -0.4 is 0 Å². The summed E-state index contributed by atoms with van der Waals surface area (Å²) in [7, 11) is 4.23. The summed E-state index contributed by atoms with van der Waals surface area (Å²) in [5, 5.41) is 1.30. The molecular formula is C13H17BrN2. The molecule has 0 amide bonds. The van der Waals surface area contributed by atoms with Crippen LogP contribution in [0.1, 0.15) is 6.42 Å². The van der Waals surface area contributed by atoms with Gasteiger partial charge in [-0.05, 0) is 45.3 Å². The molecule has 0 aliphatic heterocycles. The maximum atomic E-state index is 3.58. The Kier molecular flexibility index (Phi) is 3.66. The first kappa shape index (κ1) is 11.7. The number of fused-ring (bicyclic) bond motifs is 1. The van der Waals surface area contributed by atoms with Gasteiger partial charge in [0.1, 0.15) is 0 Å². The van der Waals surface area contributed by atoms with Crippen LogP contribution in [0.4, 0.5) is 0 Å². The van der Waals surface area contributed by atoms with E-state index in [1.807, 2.05) is 0 Å². The Morgan fingerprint density at radius 3 is 2.81 bits per heavy atom. The Labute approximate surface area is 105 Å². The van der Waals surface area contributed by atoms with Crippen LogP contribution in [-0.4, -0.2) is 30.1 Å². The molecule has 1 aromatic carbocycles. The molecule has 0 spiro atoms. The van der Waals surface area contributed by atoms with Crippen LogP contribution in [0.5, 0.6) is 0 Å². The van der Waals surface area contributed by atoms with Gasteiger partial charge in [0.15, 0.2) is 0 Å². The van der Waals surface area contributed by atoms with E-state index in [0.717, 1.165) is 13.1 Å². The van der Waals surface area contributed by atoms with E-state index in [4.69, 9.17) is 0 Å². The van der Waals surface area contributed by atoms with Crippen LogP contribution in [0, 0.1) is 0 Å². The molecule has 0 saturated carbocycles. The lowest BCUT2D eigenvalue weighted by molar-refractivity contribution is 0.388. The largest absolute Gasteiger partial charge is 0.347 e. The van der Waals surface area contributed by atoms with E-state index >= 15 is 0 Å². The summed E-state index contributed by atoms with van der Waals surface area (Å²) in [4.78, 5) is 2.22. The molecule has 1 heterocycles. The second kappa shape index (κ2) is 5.02. The molecule has 0 fully saturated rings. The van der Waals surface area contributed by atoms with Gasteiger partial charge in [-0.2, -0.15) is 0 Å². The Bertz CT molecular complexity index is 474. The third kappa shape index (κ3) is 2.47. The molecule has 3 heteroatoms. The highest BCUT2D eigenvalue weighted by Crippen LogP contribution is 2.24. The second-order valence-corrected chi connectivity index (χ2v) is 5.19. The van der Waals surface area contributed by atoms with Crippen LogP contribution in [-0.2, 0) is 6.54 Å². The van der Waals surface area contributed by atoms with Crippen LogP contribution in [0.15, 0.2) is 34.9 Å². The number of benzene rings is 1. The quantitative estimate of drug-likeness (QED) is 0.834. The van der Waals surface area contributed by atoms with Gasteiger partial charge in [-0.25, -0.2) is 0 Å². The monoisotopic (exact) mass is 280 g/mol. The van der Waals surface area contributed by atoms with Crippen molar-refractivity contribution >= 4 is 26.8 Å². The second-order valence-electron chi connectivity index (χ2n) is 4.34. The molecule has 0 unspecified atom stereocenters. The van der Waals surface area contributed by atoms with Crippen LogP contribution >= 0.6 is 15.9 Å². The first-order chi connectivity index (χ1) is 7.68. The van der Waals surface area contributed by atoms with E-state index in [-0.39, 0.29) is 0 Å². The van der Waals surface area contributed by atoms with Gasteiger partial charge in [0, 0.05) is 28.1 Å². The standard InChI is InChI=1S/C13H17BrN2/c1-15(2)8-4-9-16-10-7-11-12(14)5-3-6-13(11)16/h3,5-7,10H,4,8-9H2,1-2H3. The fourth-order valence-electron chi connectivity index (χ4n) is 1.94. The van der Waals surface area contributed by atoms with Crippen molar-refractivity contribution in [2.75, 3.05) is 20.6 Å². The van der Waals surface area contributed by atoms with E-state index < -0.39 is 0 Å². The van der Waals surface area contributed by atoms with E-state index in [9.17, 15) is 0 Å². The fourth-order valence-corrected chi connectivity index (χ4v) is 2.43. The first-order valence-corrected chi connectivity index (χ1v) is 6.36. The highest BCUT2D eigenvalue weighted by atomic mass is 79.9. The normalized spacial score (nSPS) is 11.5. The van der Waals surface area contributed by atoms with Crippen molar-refractivity contribution in [3.63, 3.8) is 0 Å². The number of halogens is 1. The Morgan fingerprint density at radius 2 is 2.06 bits per heavy atom. The van der Waals surface area contributed by atoms with Crippen molar-refractivity contribution in [3.8, 4) is 0 Å². The topological polar surface area (TPSA) is 8.17 Å². The van der Waals surface area contributed by atoms with E-state index in [1.54, 1.807) is 0 Å². The Hall–Kier alpha value is -0.800. The molecule has 16 heavy (non-hydrogen) atoms. The number of nitrogens with zero attached hydrogens (tertiary/aromatic N) is 2. The molecule has 2 aromatic rings.